The number of carbonyl (C=O) groups is 1. The van der Waals surface area contributed by atoms with Crippen molar-refractivity contribution in [2.75, 3.05) is 0 Å². The molecule has 2 aliphatic carbocycles. The summed E-state index contributed by atoms with van der Waals surface area (Å²) in [7, 11) is 0. The Kier molecular flexibility index (Phi) is 3.41. The van der Waals surface area contributed by atoms with E-state index in [2.05, 4.69) is 5.32 Å². The minimum absolute atomic E-state index is 0.163. The van der Waals surface area contributed by atoms with E-state index < -0.39 is 0 Å². The third-order valence-electron chi connectivity index (χ3n) is 3.30. The minimum atomic E-state index is -0.239. The van der Waals surface area contributed by atoms with E-state index in [4.69, 9.17) is 0 Å². The smallest absolute Gasteiger partial charge is 0.157 e. The molecule has 0 spiro atoms. The van der Waals surface area contributed by atoms with E-state index in [1.807, 2.05) is 0 Å². The second-order valence-corrected chi connectivity index (χ2v) is 4.59. The second-order valence-electron chi connectivity index (χ2n) is 4.59. The molecule has 0 aromatic carbocycles. The fourth-order valence-corrected chi connectivity index (χ4v) is 2.42. The lowest BCUT2D eigenvalue weighted by atomic mass is 9.91. The summed E-state index contributed by atoms with van der Waals surface area (Å²) in [6, 6.07) is 0.163. The van der Waals surface area contributed by atoms with Crippen LogP contribution in [0.4, 0.5) is 0 Å². The number of nitrogens with one attached hydrogen (secondary N) is 1. The van der Waals surface area contributed by atoms with E-state index in [9.17, 15) is 9.90 Å². The zero-order valence-corrected chi connectivity index (χ0v) is 9.04. The molecule has 1 saturated carbocycles. The van der Waals surface area contributed by atoms with Gasteiger partial charge in [0.25, 0.3) is 0 Å². The Morgan fingerprint density at radius 2 is 2.00 bits per heavy atom. The predicted molar refractivity (Wildman–Crippen MR) is 58.3 cm³/mol. The van der Waals surface area contributed by atoms with Gasteiger partial charge in [0.2, 0.25) is 0 Å². The summed E-state index contributed by atoms with van der Waals surface area (Å²) < 4.78 is 0. The molecule has 0 unspecified atom stereocenters. The third-order valence-corrected chi connectivity index (χ3v) is 3.30. The van der Waals surface area contributed by atoms with Gasteiger partial charge in [-0.2, -0.15) is 0 Å². The topological polar surface area (TPSA) is 49.3 Å². The molecule has 2 N–H and O–H groups in total. The van der Waals surface area contributed by atoms with Gasteiger partial charge < -0.3 is 10.4 Å². The molecule has 3 heteroatoms. The summed E-state index contributed by atoms with van der Waals surface area (Å²) >= 11 is 0. The zero-order chi connectivity index (χ0) is 10.7. The molecule has 0 aliphatic heterocycles. The first-order valence-electron chi connectivity index (χ1n) is 5.94. The highest BCUT2D eigenvalue weighted by Crippen LogP contribution is 2.21. The number of hydrogen-bond acceptors (Lipinski definition) is 3. The average molecular weight is 209 g/mol. The molecule has 1 fully saturated rings. The lowest BCUT2D eigenvalue weighted by Crippen LogP contribution is -2.42. The maximum absolute atomic E-state index is 11.2. The Bertz CT molecular complexity index is 273. The lowest BCUT2D eigenvalue weighted by molar-refractivity contribution is -0.115. The quantitative estimate of drug-likeness (QED) is 0.725. The van der Waals surface area contributed by atoms with Gasteiger partial charge in [0.05, 0.1) is 12.1 Å². The van der Waals surface area contributed by atoms with Crippen LogP contribution in [0.1, 0.15) is 44.9 Å². The highest BCUT2D eigenvalue weighted by atomic mass is 16.3. The third kappa shape index (κ3) is 2.81. The van der Waals surface area contributed by atoms with Gasteiger partial charge in [-0.1, -0.05) is 12.8 Å². The van der Waals surface area contributed by atoms with Crippen LogP contribution in [-0.4, -0.2) is 23.0 Å². The molecular formula is C12H19NO2. The Labute approximate surface area is 90.6 Å². The molecule has 0 aromatic rings. The summed E-state index contributed by atoms with van der Waals surface area (Å²) in [5, 5.41) is 13.1. The summed E-state index contributed by atoms with van der Waals surface area (Å²) in [4.78, 5) is 11.2. The maximum atomic E-state index is 11.2. The highest BCUT2D eigenvalue weighted by Gasteiger charge is 2.24. The largest absolute Gasteiger partial charge is 0.391 e. The van der Waals surface area contributed by atoms with Crippen molar-refractivity contribution < 1.29 is 9.90 Å². The van der Waals surface area contributed by atoms with Crippen LogP contribution in [0.2, 0.25) is 0 Å². The van der Waals surface area contributed by atoms with Crippen molar-refractivity contribution in [3.63, 3.8) is 0 Å². The van der Waals surface area contributed by atoms with Crippen molar-refractivity contribution in [2.24, 2.45) is 0 Å². The number of carbonyl (C=O) groups excluding carboxylic acids is 1. The van der Waals surface area contributed by atoms with E-state index in [-0.39, 0.29) is 17.9 Å². The zero-order valence-electron chi connectivity index (χ0n) is 9.04. The van der Waals surface area contributed by atoms with E-state index >= 15 is 0 Å². The maximum Gasteiger partial charge on any atom is 0.157 e. The van der Waals surface area contributed by atoms with Crippen LogP contribution < -0.4 is 5.32 Å². The van der Waals surface area contributed by atoms with E-state index in [0.717, 1.165) is 37.8 Å². The molecule has 0 aromatic heterocycles. The van der Waals surface area contributed by atoms with Crippen LogP contribution in [0.15, 0.2) is 11.8 Å². The second kappa shape index (κ2) is 4.79. The van der Waals surface area contributed by atoms with Gasteiger partial charge in [-0.3, -0.25) is 4.79 Å². The SMILES string of the molecule is O=C1C=C(N[C@H]2CCCC[C@@H]2O)CCC1. The lowest BCUT2D eigenvalue weighted by Gasteiger charge is -2.30. The fourth-order valence-electron chi connectivity index (χ4n) is 2.42. The van der Waals surface area contributed by atoms with Crippen LogP contribution >= 0.6 is 0 Å². The monoisotopic (exact) mass is 209 g/mol. The first-order chi connectivity index (χ1) is 7.25. The van der Waals surface area contributed by atoms with Gasteiger partial charge in [-0.15, -0.1) is 0 Å². The fraction of sp³-hybridized carbons (Fsp3) is 0.750. The normalized spacial score (nSPS) is 32.3. The van der Waals surface area contributed by atoms with Gasteiger partial charge in [0.1, 0.15) is 0 Å². The van der Waals surface area contributed by atoms with Crippen LogP contribution in [0.25, 0.3) is 0 Å². The molecule has 2 atom stereocenters. The number of aliphatic hydroxyl groups excluding tert-OH is 1. The average Bonchev–Trinajstić information content (AvgIpc) is 2.22. The molecule has 0 saturated heterocycles. The summed E-state index contributed by atoms with van der Waals surface area (Å²) in [6.45, 7) is 0. The van der Waals surface area contributed by atoms with Gasteiger partial charge in [-0.25, -0.2) is 0 Å². The van der Waals surface area contributed by atoms with Gasteiger partial charge in [0.15, 0.2) is 5.78 Å². The molecule has 3 nitrogen and oxygen atoms in total. The van der Waals surface area contributed by atoms with Crippen molar-refractivity contribution in [2.45, 2.75) is 57.1 Å². The number of ketones is 1. The molecule has 15 heavy (non-hydrogen) atoms. The summed E-state index contributed by atoms with van der Waals surface area (Å²) in [5.41, 5.74) is 1.03. The van der Waals surface area contributed by atoms with Gasteiger partial charge >= 0.3 is 0 Å². The van der Waals surface area contributed by atoms with Crippen LogP contribution in [-0.2, 0) is 4.79 Å². The van der Waals surface area contributed by atoms with Crippen molar-refractivity contribution in [3.8, 4) is 0 Å². The van der Waals surface area contributed by atoms with Gasteiger partial charge in [0, 0.05) is 18.2 Å². The standard InChI is InChI=1S/C12H19NO2/c14-10-5-3-4-9(8-10)13-11-6-1-2-7-12(11)15/h8,11-13,15H,1-7H2/t11-,12-/m0/s1. The Morgan fingerprint density at radius 3 is 2.73 bits per heavy atom. The molecule has 0 bridgehead atoms. The first kappa shape index (κ1) is 10.7. The molecule has 0 radical (unpaired) electrons. The van der Waals surface area contributed by atoms with Crippen molar-refractivity contribution in [1.82, 2.24) is 5.32 Å². The van der Waals surface area contributed by atoms with Gasteiger partial charge in [-0.05, 0) is 25.7 Å². The van der Waals surface area contributed by atoms with E-state index in [1.54, 1.807) is 6.08 Å². The Balaban J connectivity index is 1.92. The summed E-state index contributed by atoms with van der Waals surface area (Å²) in [5.74, 6) is 0.217. The van der Waals surface area contributed by atoms with Crippen molar-refractivity contribution in [1.29, 1.82) is 0 Å². The van der Waals surface area contributed by atoms with Crippen molar-refractivity contribution in [3.05, 3.63) is 11.8 Å². The Hall–Kier alpha value is -0.830. The van der Waals surface area contributed by atoms with E-state index in [0.29, 0.717) is 6.42 Å². The number of aliphatic hydroxyl groups is 1. The van der Waals surface area contributed by atoms with Crippen LogP contribution in [0, 0.1) is 0 Å². The van der Waals surface area contributed by atoms with Crippen LogP contribution in [0.5, 0.6) is 0 Å². The molecule has 2 aliphatic rings. The molecular weight excluding hydrogens is 190 g/mol. The molecule has 84 valence electrons. The number of allylic oxidation sites excluding steroid dienone is 2. The molecule has 0 amide bonds. The number of rotatable bonds is 2. The predicted octanol–water partition coefficient (Wildman–Crippen LogP) is 1.52. The minimum Gasteiger partial charge on any atom is -0.391 e. The molecule has 0 heterocycles. The highest BCUT2D eigenvalue weighted by molar-refractivity contribution is 5.91. The Morgan fingerprint density at radius 1 is 1.20 bits per heavy atom. The summed E-state index contributed by atoms with van der Waals surface area (Å²) in [6.07, 6.45) is 8.26. The van der Waals surface area contributed by atoms with Crippen molar-refractivity contribution >= 4 is 5.78 Å². The van der Waals surface area contributed by atoms with Crippen LogP contribution in [0.3, 0.4) is 0 Å². The molecule has 2 rings (SSSR count). The number of hydrogen-bond donors (Lipinski definition) is 2. The van der Waals surface area contributed by atoms with E-state index in [1.165, 1.54) is 6.42 Å². The first-order valence-corrected chi connectivity index (χ1v) is 5.94.